The van der Waals surface area contributed by atoms with Crippen molar-refractivity contribution in [2.24, 2.45) is 23.7 Å². The molecule has 132 heavy (non-hydrogen) atoms. The highest BCUT2D eigenvalue weighted by Gasteiger charge is 2.53. The van der Waals surface area contributed by atoms with Gasteiger partial charge in [0, 0.05) is 95.1 Å². The van der Waals surface area contributed by atoms with Gasteiger partial charge in [0.2, 0.25) is 0 Å². The number of aromatic nitrogens is 1. The van der Waals surface area contributed by atoms with E-state index in [0.717, 1.165) is 221 Å². The number of hydrogen-bond acceptors (Lipinski definition) is 16. The van der Waals surface area contributed by atoms with Gasteiger partial charge in [-0.2, -0.15) is 0 Å². The van der Waals surface area contributed by atoms with E-state index in [2.05, 4.69) is 183 Å². The molecule has 13 heterocycles. The van der Waals surface area contributed by atoms with Gasteiger partial charge in [-0.25, -0.2) is 0 Å². The van der Waals surface area contributed by atoms with Crippen molar-refractivity contribution in [2.45, 2.75) is 282 Å². The molecule has 6 aliphatic rings. The molecule has 0 radical (unpaired) electrons. The summed E-state index contributed by atoms with van der Waals surface area (Å²) in [6, 6.07) is 40.2. The summed E-state index contributed by atoms with van der Waals surface area (Å²) in [5, 5.41) is 2.42. The number of nitrogens with zero attached hydrogens (tertiary/aromatic N) is 7. The van der Waals surface area contributed by atoms with E-state index in [0.29, 0.717) is 80.0 Å². The average Bonchev–Trinajstić information content (AvgIpc) is 1.56. The first-order chi connectivity index (χ1) is 64.3. The summed E-state index contributed by atoms with van der Waals surface area (Å²) in [4.78, 5) is 116. The van der Waals surface area contributed by atoms with E-state index in [1.807, 2.05) is 45.6 Å². The van der Waals surface area contributed by atoms with E-state index < -0.39 is 0 Å². The van der Waals surface area contributed by atoms with Gasteiger partial charge in [0.05, 0.1) is 85.4 Å². The number of rotatable bonds is 51. The van der Waals surface area contributed by atoms with Crippen LogP contribution in [0.5, 0.6) is 0 Å². The molecule has 6 amide bonds. The van der Waals surface area contributed by atoms with E-state index in [9.17, 15) is 9.59 Å². The minimum atomic E-state index is -0.0925. The molecule has 2 aromatic carbocycles. The molecular formula is C109H133N7O6S10. The number of amides is 6. The predicted octanol–water partition coefficient (Wildman–Crippen LogP) is 31.8. The van der Waals surface area contributed by atoms with Crippen molar-refractivity contribution >= 4 is 217 Å². The Morgan fingerprint density at radius 3 is 0.871 bits per heavy atom. The lowest BCUT2D eigenvalue weighted by molar-refractivity contribution is -0.124. The highest BCUT2D eigenvalue weighted by Crippen LogP contribution is 2.55. The third-order valence-corrected chi connectivity index (χ3v) is 37.5. The van der Waals surface area contributed by atoms with Crippen LogP contribution in [0, 0.1) is 23.7 Å². The van der Waals surface area contributed by atoms with Crippen LogP contribution in [0.1, 0.15) is 311 Å². The molecule has 0 saturated carbocycles. The van der Waals surface area contributed by atoms with Gasteiger partial charge in [0.1, 0.15) is 8.64 Å². The zero-order valence-corrected chi connectivity index (χ0v) is 87.7. The predicted molar refractivity (Wildman–Crippen MR) is 575 cm³/mol. The zero-order chi connectivity index (χ0) is 93.0. The normalized spacial score (nSPS) is 17.2. The Bertz CT molecular complexity index is 5590. The van der Waals surface area contributed by atoms with Crippen molar-refractivity contribution in [1.82, 2.24) is 34.0 Å². The van der Waals surface area contributed by atoms with Gasteiger partial charge in [-0.3, -0.25) is 38.6 Å². The SMILES string of the molecule is CCCCCCCCC(CCCCCCCC)n1c2cc(-c3ccc(C4=C5C(=O)N(CC(CC)CCCC)C(c6ccc(-c7ccc(/C=C8/SC(=S)N(CC)C8=O)s7)s6)=C5C(=O)N4CC(CC)CCCC)s3)ccc2c2ccc(-c3ccc(C4=C5C(=O)N(CC(CC)CCCC)C(c6ccc(-c7ccc(/C=C8/SC(=S)N(CC)C8=O)s7)s6)=C5C(=O)N4CC(CC)CCCC)s3)cc21. The number of unbranched alkanes of at least 4 members (excludes halogenated alkanes) is 14. The van der Waals surface area contributed by atoms with Crippen molar-refractivity contribution < 1.29 is 28.8 Å². The molecule has 23 heteroatoms. The van der Waals surface area contributed by atoms with Crippen LogP contribution in [0.25, 0.3) is 97.1 Å². The third-order valence-electron chi connectivity index (χ3n) is 27.8. The molecule has 6 aliphatic heterocycles. The second-order valence-electron chi connectivity index (χ2n) is 36.7. The molecule has 0 aliphatic carbocycles. The monoisotopic (exact) mass is 1960 g/mol. The maximum absolute atomic E-state index is 16.2. The fourth-order valence-electron chi connectivity index (χ4n) is 20.1. The fraction of sp³-hybridized carbons (Fsp3) is 0.486. The van der Waals surface area contributed by atoms with E-state index in [1.165, 1.54) is 110 Å². The Kier molecular flexibility index (Phi) is 34.6. The van der Waals surface area contributed by atoms with Crippen LogP contribution in [0.15, 0.2) is 141 Å². The summed E-state index contributed by atoms with van der Waals surface area (Å²) in [5.41, 5.74) is 9.64. The number of thiocarbonyl (C=S) groups is 2. The molecule has 7 aromatic heterocycles. The van der Waals surface area contributed by atoms with Crippen molar-refractivity contribution in [1.29, 1.82) is 0 Å². The number of carbonyl (C=O) groups excluding carboxylic acids is 6. The van der Waals surface area contributed by atoms with Gasteiger partial charge in [-0.1, -0.05) is 296 Å². The Morgan fingerprint density at radius 1 is 0.288 bits per heavy atom. The minimum absolute atomic E-state index is 0.0607. The lowest BCUT2D eigenvalue weighted by atomic mass is 9.98. The van der Waals surface area contributed by atoms with Crippen molar-refractivity contribution in [3.63, 3.8) is 0 Å². The number of carbonyl (C=O) groups is 6. The minimum Gasteiger partial charge on any atom is -0.337 e. The first kappa shape index (κ1) is 99.1. The van der Waals surface area contributed by atoms with Crippen LogP contribution >= 0.6 is 116 Å². The lowest BCUT2D eigenvalue weighted by Crippen LogP contribution is -2.34. The van der Waals surface area contributed by atoms with Crippen molar-refractivity contribution in [3.8, 4) is 40.4 Å². The molecule has 15 rings (SSSR count). The van der Waals surface area contributed by atoms with Gasteiger partial charge < -0.3 is 24.2 Å². The fourth-order valence-corrected chi connectivity index (χ4v) is 29.3. The molecule has 4 atom stereocenters. The third kappa shape index (κ3) is 21.2. The molecule has 4 unspecified atom stereocenters. The van der Waals surface area contributed by atoms with Gasteiger partial charge in [0.15, 0.2) is 0 Å². The highest BCUT2D eigenvalue weighted by atomic mass is 32.2. The quantitative estimate of drug-likeness (QED) is 0.0207. The number of benzene rings is 2. The van der Waals surface area contributed by atoms with Crippen LogP contribution in [-0.2, 0) is 28.8 Å². The van der Waals surface area contributed by atoms with Gasteiger partial charge in [-0.15, -0.1) is 68.0 Å². The van der Waals surface area contributed by atoms with E-state index in [4.69, 9.17) is 24.4 Å². The average molecular weight is 1960 g/mol. The molecule has 700 valence electrons. The maximum atomic E-state index is 16.2. The first-order valence-corrected chi connectivity index (χ1v) is 57.1. The Labute approximate surface area is 827 Å². The molecule has 2 saturated heterocycles. The highest BCUT2D eigenvalue weighted by molar-refractivity contribution is 8.27. The Hall–Kier alpha value is -7.42. The topological polar surface area (TPSA) is 127 Å². The van der Waals surface area contributed by atoms with E-state index in [1.54, 1.807) is 77.8 Å². The number of thiophene rings is 6. The molecule has 0 bridgehead atoms. The second kappa shape index (κ2) is 46.2. The zero-order valence-electron chi connectivity index (χ0n) is 79.6. The van der Waals surface area contributed by atoms with Crippen LogP contribution in [0.2, 0.25) is 0 Å². The molecule has 0 N–H and O–H groups in total. The number of fused-ring (bicyclic) bond motifs is 5. The van der Waals surface area contributed by atoms with Crippen LogP contribution < -0.4 is 0 Å². The van der Waals surface area contributed by atoms with Gasteiger partial charge >= 0.3 is 0 Å². The summed E-state index contributed by atoms with van der Waals surface area (Å²) in [7, 11) is 0. The summed E-state index contributed by atoms with van der Waals surface area (Å²) in [5.74, 6) is 0.452. The Balaban J connectivity index is 0.843. The van der Waals surface area contributed by atoms with E-state index in [-0.39, 0.29) is 65.2 Å². The largest absolute Gasteiger partial charge is 0.337 e. The summed E-state index contributed by atoms with van der Waals surface area (Å²) in [6.45, 7) is 29.5. The molecule has 0 spiro atoms. The van der Waals surface area contributed by atoms with Crippen molar-refractivity contribution in [2.75, 3.05) is 39.3 Å². The second-order valence-corrected chi connectivity index (χ2v) is 46.7. The molecular weight excluding hydrogens is 1820 g/mol. The van der Waals surface area contributed by atoms with Crippen molar-refractivity contribution in [3.05, 3.63) is 171 Å². The molecule has 13 nitrogen and oxygen atoms in total. The number of hydrogen-bond donors (Lipinski definition) is 0. The Morgan fingerprint density at radius 2 is 0.568 bits per heavy atom. The number of thioether (sulfide) groups is 2. The van der Waals surface area contributed by atoms with Gasteiger partial charge in [-0.05, 0) is 184 Å². The standard InChI is InChI=1S/C109H133N7O6S10/c1-13-25-31-33-35-37-43-75(44-38-36-34-32-26-14-2)116-80-61-73(82-53-57-88(127-82)98-94-96(106(121)112(98)65-69(19-7)39-27-15-3)100(114(104(94)119)67-71(21-9)41-29-17-5)90-59-55-86(129-90)84-51-47-76(125-84)63-92-102(117)110(23-11)108(123)131-92)45-49-78(80)79-50-46-74(62-81(79)116)83-54-58-89(128-83)99-95-97(107(122)113(99)66-70(20-8)40-28-16-4)101(115(105(95)120)68-72(22-10)42-30-18-6)91-60-56-87(130-91)85-52-48-77(126-85)64-93-103(118)111(24-12)109(124)132-93/h45-64,69-72,75H,13-44,65-68H2,1-12H3/b92-63+,93-64+. The van der Waals surface area contributed by atoms with Crippen LogP contribution in [-0.4, -0.2) is 117 Å². The summed E-state index contributed by atoms with van der Waals surface area (Å²) < 4.78 is 3.90. The molecule has 9 aromatic rings. The summed E-state index contributed by atoms with van der Waals surface area (Å²) in [6.07, 6.45) is 36.6. The molecule has 2 fully saturated rings. The first-order valence-electron chi connectivity index (χ1n) is 49.7. The van der Waals surface area contributed by atoms with Crippen LogP contribution in [0.3, 0.4) is 0 Å². The lowest BCUT2D eigenvalue weighted by Gasteiger charge is -2.29. The number of likely N-dealkylation sites (N-methyl/N-ethyl adjacent to an activating group) is 2. The summed E-state index contributed by atoms with van der Waals surface area (Å²) >= 11 is 23.8. The maximum Gasteiger partial charge on any atom is 0.266 e. The van der Waals surface area contributed by atoms with Crippen LogP contribution in [0.4, 0.5) is 0 Å². The smallest absolute Gasteiger partial charge is 0.266 e. The van der Waals surface area contributed by atoms with E-state index >= 15 is 19.2 Å². The van der Waals surface area contributed by atoms with Gasteiger partial charge in [0.25, 0.3) is 35.4 Å².